The van der Waals surface area contributed by atoms with Crippen molar-refractivity contribution in [2.75, 3.05) is 13.7 Å². The normalized spacial score (nSPS) is 11.9. The molecule has 1 atom stereocenters. The molecule has 2 aromatic heterocycles. The first-order valence-corrected chi connectivity index (χ1v) is 11.1. The minimum atomic E-state index is -0.0587. The molecule has 0 fully saturated rings. The predicted octanol–water partition coefficient (Wildman–Crippen LogP) is 5.01. The number of pyridine rings is 1. The maximum Gasteiger partial charge on any atom is 0.220 e. The lowest BCUT2D eigenvalue weighted by molar-refractivity contribution is -0.121. The highest BCUT2D eigenvalue weighted by molar-refractivity contribution is 5.88. The number of H-pyrrole nitrogens is 1. The van der Waals surface area contributed by atoms with Crippen LogP contribution in [-0.4, -0.2) is 29.5 Å². The smallest absolute Gasteiger partial charge is 0.220 e. The van der Waals surface area contributed by atoms with Gasteiger partial charge < -0.3 is 15.0 Å². The van der Waals surface area contributed by atoms with E-state index in [1.165, 1.54) is 10.9 Å². The second kappa shape index (κ2) is 10.1. The van der Waals surface area contributed by atoms with Crippen LogP contribution in [0.5, 0.6) is 5.75 Å². The van der Waals surface area contributed by atoms with Gasteiger partial charge in [0.15, 0.2) is 0 Å². The molecule has 0 saturated heterocycles. The molecule has 164 valence electrons. The molecular weight excluding hydrogens is 398 g/mol. The van der Waals surface area contributed by atoms with Crippen molar-refractivity contribution in [3.8, 4) is 5.75 Å². The third-order valence-electron chi connectivity index (χ3n) is 5.93. The van der Waals surface area contributed by atoms with Crippen LogP contribution < -0.4 is 10.1 Å². The van der Waals surface area contributed by atoms with Crippen LogP contribution in [0.3, 0.4) is 0 Å². The van der Waals surface area contributed by atoms with E-state index in [0.29, 0.717) is 19.4 Å². The zero-order valence-electron chi connectivity index (χ0n) is 18.6. The van der Waals surface area contributed by atoms with Crippen LogP contribution in [0.25, 0.3) is 10.9 Å². The lowest BCUT2D eigenvalue weighted by Gasteiger charge is -2.18. The topological polar surface area (TPSA) is 67.0 Å². The van der Waals surface area contributed by atoms with Crippen molar-refractivity contribution in [1.82, 2.24) is 15.3 Å². The van der Waals surface area contributed by atoms with Gasteiger partial charge in [-0.05, 0) is 47.4 Å². The Balaban J connectivity index is 1.57. The summed E-state index contributed by atoms with van der Waals surface area (Å²) in [6.45, 7) is 2.73. The van der Waals surface area contributed by atoms with Gasteiger partial charge in [-0.15, -0.1) is 0 Å². The number of nitrogens with zero attached hydrogens (tertiary/aromatic N) is 1. The number of carbonyl (C=O) groups is 1. The summed E-state index contributed by atoms with van der Waals surface area (Å²) in [5, 5.41) is 4.25. The first-order valence-electron chi connectivity index (χ1n) is 11.1. The molecule has 0 bridgehead atoms. The van der Waals surface area contributed by atoms with Crippen LogP contribution in [0.4, 0.5) is 0 Å². The average molecular weight is 428 g/mol. The third-order valence-corrected chi connectivity index (χ3v) is 5.93. The van der Waals surface area contributed by atoms with E-state index in [1.807, 2.05) is 42.5 Å². The van der Waals surface area contributed by atoms with Crippen molar-refractivity contribution in [3.05, 3.63) is 95.4 Å². The fourth-order valence-corrected chi connectivity index (χ4v) is 4.20. The zero-order chi connectivity index (χ0) is 22.3. The fourth-order valence-electron chi connectivity index (χ4n) is 4.20. The Morgan fingerprint density at radius 2 is 1.94 bits per heavy atom. The number of carbonyl (C=O) groups excluding carboxylic acids is 1. The Kier molecular flexibility index (Phi) is 6.85. The minimum absolute atomic E-state index is 0.0303. The summed E-state index contributed by atoms with van der Waals surface area (Å²) in [5.74, 6) is 0.777. The molecule has 1 amide bonds. The summed E-state index contributed by atoms with van der Waals surface area (Å²) in [4.78, 5) is 20.7. The monoisotopic (exact) mass is 427 g/mol. The molecule has 4 aromatic rings. The number of nitrogens with one attached hydrogen (secondary N) is 2. The van der Waals surface area contributed by atoms with E-state index < -0.39 is 0 Å². The maximum absolute atomic E-state index is 12.9. The quantitative estimate of drug-likeness (QED) is 0.394. The number of para-hydroxylation sites is 1. The molecule has 5 nitrogen and oxygen atoms in total. The molecular formula is C27H29N3O2. The molecule has 2 heterocycles. The molecule has 0 saturated carbocycles. The number of ether oxygens (including phenoxy) is 1. The van der Waals surface area contributed by atoms with Gasteiger partial charge in [-0.2, -0.15) is 0 Å². The zero-order valence-corrected chi connectivity index (χ0v) is 18.6. The molecule has 4 rings (SSSR count). The Bertz CT molecular complexity index is 1170. The van der Waals surface area contributed by atoms with E-state index in [0.717, 1.165) is 34.5 Å². The predicted molar refractivity (Wildman–Crippen MR) is 128 cm³/mol. The maximum atomic E-state index is 12.9. The largest absolute Gasteiger partial charge is 0.497 e. The number of benzene rings is 2. The van der Waals surface area contributed by atoms with Crippen molar-refractivity contribution >= 4 is 16.8 Å². The third kappa shape index (κ3) is 4.83. The molecule has 0 aliphatic heterocycles. The summed E-state index contributed by atoms with van der Waals surface area (Å²) < 4.78 is 5.33. The SMILES string of the molecule is CCc1cccc2c(C(CC(=O)NCCc3ccccn3)c3ccc(OC)cc3)c[nH]c12. The van der Waals surface area contributed by atoms with Crippen LogP contribution in [0, 0.1) is 0 Å². The van der Waals surface area contributed by atoms with Gasteiger partial charge in [0.05, 0.1) is 7.11 Å². The van der Waals surface area contributed by atoms with E-state index >= 15 is 0 Å². The van der Waals surface area contributed by atoms with E-state index in [9.17, 15) is 4.79 Å². The van der Waals surface area contributed by atoms with Crippen LogP contribution in [0.1, 0.15) is 41.6 Å². The summed E-state index contributed by atoms with van der Waals surface area (Å²) >= 11 is 0. The van der Waals surface area contributed by atoms with E-state index in [1.54, 1.807) is 13.3 Å². The summed E-state index contributed by atoms with van der Waals surface area (Å²) in [5.41, 5.74) is 5.64. The number of hydrogen-bond acceptors (Lipinski definition) is 3. The highest BCUT2D eigenvalue weighted by Crippen LogP contribution is 2.35. The first kappa shape index (κ1) is 21.6. The Labute approximate surface area is 188 Å². The van der Waals surface area contributed by atoms with Crippen molar-refractivity contribution in [3.63, 3.8) is 0 Å². The van der Waals surface area contributed by atoms with Crippen LogP contribution in [0.15, 0.2) is 73.1 Å². The molecule has 2 aromatic carbocycles. The Morgan fingerprint density at radius 3 is 2.66 bits per heavy atom. The van der Waals surface area contributed by atoms with Gasteiger partial charge in [0.25, 0.3) is 0 Å². The van der Waals surface area contributed by atoms with Crippen molar-refractivity contribution in [1.29, 1.82) is 0 Å². The highest BCUT2D eigenvalue weighted by Gasteiger charge is 2.22. The van der Waals surface area contributed by atoms with Crippen molar-refractivity contribution < 1.29 is 9.53 Å². The first-order chi connectivity index (χ1) is 15.7. The van der Waals surface area contributed by atoms with E-state index in [-0.39, 0.29) is 11.8 Å². The minimum Gasteiger partial charge on any atom is -0.497 e. The number of hydrogen-bond donors (Lipinski definition) is 2. The number of amides is 1. The molecule has 0 aliphatic rings. The van der Waals surface area contributed by atoms with Gasteiger partial charge in [-0.1, -0.05) is 43.3 Å². The lowest BCUT2D eigenvalue weighted by Crippen LogP contribution is -2.27. The van der Waals surface area contributed by atoms with Crippen LogP contribution in [0.2, 0.25) is 0 Å². The Morgan fingerprint density at radius 1 is 1.09 bits per heavy atom. The van der Waals surface area contributed by atoms with Crippen molar-refractivity contribution in [2.45, 2.75) is 32.1 Å². The van der Waals surface area contributed by atoms with E-state index in [4.69, 9.17) is 4.74 Å². The number of aromatic nitrogens is 2. The highest BCUT2D eigenvalue weighted by atomic mass is 16.5. The lowest BCUT2D eigenvalue weighted by atomic mass is 9.87. The fraction of sp³-hybridized carbons (Fsp3) is 0.259. The molecule has 1 unspecified atom stereocenters. The number of fused-ring (bicyclic) bond motifs is 1. The van der Waals surface area contributed by atoms with E-state index in [2.05, 4.69) is 46.6 Å². The summed E-state index contributed by atoms with van der Waals surface area (Å²) in [7, 11) is 1.66. The van der Waals surface area contributed by atoms with Gasteiger partial charge >= 0.3 is 0 Å². The number of rotatable bonds is 9. The summed E-state index contributed by atoms with van der Waals surface area (Å²) in [6.07, 6.45) is 5.88. The van der Waals surface area contributed by atoms with Crippen molar-refractivity contribution in [2.24, 2.45) is 0 Å². The van der Waals surface area contributed by atoms with Gasteiger partial charge in [0, 0.05) is 54.3 Å². The molecule has 5 heteroatoms. The number of aryl methyl sites for hydroxylation is 1. The molecule has 0 radical (unpaired) electrons. The summed E-state index contributed by atoms with van der Waals surface area (Å²) in [6, 6.07) is 20.2. The van der Waals surface area contributed by atoms with Gasteiger partial charge in [-0.3, -0.25) is 9.78 Å². The molecule has 2 N–H and O–H groups in total. The van der Waals surface area contributed by atoms with Gasteiger partial charge in [0.1, 0.15) is 5.75 Å². The Hall–Kier alpha value is -3.60. The van der Waals surface area contributed by atoms with Gasteiger partial charge in [0.2, 0.25) is 5.91 Å². The standard InChI is InChI=1S/C27H29N3O2/c1-3-19-7-6-9-23-25(18-30-27(19)23)24(20-10-12-22(32-2)13-11-20)17-26(31)29-16-14-21-8-4-5-15-28-21/h4-13,15,18,24,30H,3,14,16-17H2,1-2H3,(H,29,31). The van der Waals surface area contributed by atoms with Crippen LogP contribution in [-0.2, 0) is 17.6 Å². The molecule has 32 heavy (non-hydrogen) atoms. The molecule has 0 spiro atoms. The van der Waals surface area contributed by atoms with Gasteiger partial charge in [-0.25, -0.2) is 0 Å². The second-order valence-electron chi connectivity index (χ2n) is 7.89. The number of aromatic amines is 1. The number of methoxy groups -OCH3 is 1. The molecule has 0 aliphatic carbocycles. The van der Waals surface area contributed by atoms with Crippen LogP contribution >= 0.6 is 0 Å². The second-order valence-corrected chi connectivity index (χ2v) is 7.89. The average Bonchev–Trinajstić information content (AvgIpc) is 3.27.